The number of hydrogen-bond acceptors (Lipinski definition) is 3. The third kappa shape index (κ3) is 3.40. The van der Waals surface area contributed by atoms with Gasteiger partial charge in [-0.3, -0.25) is 4.79 Å². The number of hydrogen-bond donors (Lipinski definition) is 0. The largest absolute Gasteiger partial charge is 0.444 e. The highest BCUT2D eigenvalue weighted by Gasteiger charge is 2.29. The molecule has 1 aromatic heterocycles. The summed E-state index contributed by atoms with van der Waals surface area (Å²) in [6, 6.07) is 11.0. The molecule has 2 heterocycles. The van der Waals surface area contributed by atoms with Crippen molar-refractivity contribution in [2.24, 2.45) is 0 Å². The molecule has 0 atom stereocenters. The highest BCUT2D eigenvalue weighted by molar-refractivity contribution is 9.15. The molecule has 0 N–H and O–H groups in total. The van der Waals surface area contributed by atoms with Gasteiger partial charge in [-0.05, 0) is 58.6 Å². The molecule has 0 saturated carbocycles. The van der Waals surface area contributed by atoms with Crippen molar-refractivity contribution < 1.29 is 13.6 Å². The molecule has 0 bridgehead atoms. The summed E-state index contributed by atoms with van der Waals surface area (Å²) in [5, 5.41) is 0. The fraction of sp³-hybridized carbons (Fsp3) is 0.182. The van der Waals surface area contributed by atoms with Gasteiger partial charge >= 0.3 is 0 Å². The molecular weight excluding hydrogens is 423 g/mol. The monoisotopic (exact) mass is 440 g/mol. The van der Waals surface area contributed by atoms with E-state index in [0.717, 1.165) is 32.4 Å². The third-order valence-electron chi connectivity index (χ3n) is 4.88. The number of aryl methyl sites for hydroxylation is 2. The Morgan fingerprint density at radius 1 is 1.21 bits per heavy atom. The van der Waals surface area contributed by atoms with Gasteiger partial charge in [0, 0.05) is 15.6 Å². The van der Waals surface area contributed by atoms with E-state index in [-0.39, 0.29) is 24.7 Å². The standard InChI is InChI=1S/C22H18BrFN2O2/c1-13-3-6-16-19(7-13)26(11-15-5-4-14(2)18(24)8-15)21(27)9-17(22(16)23)20-10-25-12-28-20/h3-8,10,12H,9,11H2,1-2H3. The SMILES string of the molecule is Cc1ccc2c(c1)N(Cc1ccc(C)c(F)c1)C(=O)CC(c1cnco1)=C2Br. The molecule has 4 nitrogen and oxygen atoms in total. The molecule has 0 radical (unpaired) electrons. The molecule has 0 fully saturated rings. The summed E-state index contributed by atoms with van der Waals surface area (Å²) in [7, 11) is 0. The number of nitrogens with zero attached hydrogens (tertiary/aromatic N) is 2. The fourth-order valence-corrected chi connectivity index (χ4v) is 3.99. The van der Waals surface area contributed by atoms with Gasteiger partial charge in [-0.15, -0.1) is 0 Å². The minimum Gasteiger partial charge on any atom is -0.444 e. The van der Waals surface area contributed by atoms with Crippen LogP contribution in [-0.4, -0.2) is 10.9 Å². The molecule has 4 rings (SSSR count). The average molecular weight is 441 g/mol. The first kappa shape index (κ1) is 18.6. The summed E-state index contributed by atoms with van der Waals surface area (Å²) in [5.74, 6) is 0.189. The summed E-state index contributed by atoms with van der Waals surface area (Å²) in [6.45, 7) is 3.99. The predicted octanol–water partition coefficient (Wildman–Crippen LogP) is 5.63. The van der Waals surface area contributed by atoms with Crippen molar-refractivity contribution in [2.75, 3.05) is 4.90 Å². The summed E-state index contributed by atoms with van der Waals surface area (Å²) in [6.07, 6.45) is 3.10. The number of aromatic nitrogens is 1. The molecule has 3 aromatic rings. The number of halogens is 2. The number of amides is 1. The second-order valence-electron chi connectivity index (χ2n) is 6.92. The Labute approximate surface area is 170 Å². The quantitative estimate of drug-likeness (QED) is 0.529. The minimum absolute atomic E-state index is 0.0892. The van der Waals surface area contributed by atoms with Crippen LogP contribution >= 0.6 is 15.9 Å². The van der Waals surface area contributed by atoms with Gasteiger partial charge in [-0.2, -0.15) is 0 Å². The topological polar surface area (TPSA) is 46.3 Å². The minimum atomic E-state index is -0.272. The van der Waals surface area contributed by atoms with Crippen LogP contribution in [0.25, 0.3) is 10.1 Å². The zero-order chi connectivity index (χ0) is 19.8. The Hall–Kier alpha value is -2.73. The summed E-state index contributed by atoms with van der Waals surface area (Å²) in [5.41, 5.74) is 4.77. The van der Waals surface area contributed by atoms with Crippen LogP contribution in [0.2, 0.25) is 0 Å². The Morgan fingerprint density at radius 2 is 2.04 bits per heavy atom. The highest BCUT2D eigenvalue weighted by atomic mass is 79.9. The lowest BCUT2D eigenvalue weighted by atomic mass is 10.0. The van der Waals surface area contributed by atoms with Crippen LogP contribution in [0.3, 0.4) is 0 Å². The number of carbonyl (C=O) groups is 1. The fourth-order valence-electron chi connectivity index (χ4n) is 3.32. The zero-order valence-electron chi connectivity index (χ0n) is 15.5. The van der Waals surface area contributed by atoms with Gasteiger partial charge in [0.05, 0.1) is 24.8 Å². The second kappa shape index (κ2) is 7.36. The van der Waals surface area contributed by atoms with Gasteiger partial charge in [0.1, 0.15) is 5.82 Å². The number of benzene rings is 2. The van der Waals surface area contributed by atoms with Gasteiger partial charge in [0.15, 0.2) is 12.2 Å². The van der Waals surface area contributed by atoms with Gasteiger partial charge < -0.3 is 9.32 Å². The maximum Gasteiger partial charge on any atom is 0.231 e. The normalized spacial score (nSPS) is 14.3. The van der Waals surface area contributed by atoms with Gasteiger partial charge in [0.2, 0.25) is 5.91 Å². The van der Waals surface area contributed by atoms with Crippen molar-refractivity contribution >= 4 is 37.6 Å². The first-order chi connectivity index (χ1) is 13.4. The Balaban J connectivity index is 1.82. The lowest BCUT2D eigenvalue weighted by Gasteiger charge is -2.24. The number of carbonyl (C=O) groups excluding carboxylic acids is 1. The van der Waals surface area contributed by atoms with Crippen LogP contribution in [0.4, 0.5) is 10.1 Å². The Kier molecular flexibility index (Phi) is 4.89. The van der Waals surface area contributed by atoms with Crippen molar-refractivity contribution in [1.29, 1.82) is 0 Å². The number of anilines is 1. The van der Waals surface area contributed by atoms with Crippen LogP contribution < -0.4 is 4.90 Å². The zero-order valence-corrected chi connectivity index (χ0v) is 17.1. The first-order valence-corrected chi connectivity index (χ1v) is 9.67. The molecule has 142 valence electrons. The van der Waals surface area contributed by atoms with Crippen LogP contribution in [0.15, 0.2) is 53.4 Å². The molecule has 0 unspecified atom stereocenters. The van der Waals surface area contributed by atoms with E-state index in [9.17, 15) is 9.18 Å². The molecule has 2 aromatic carbocycles. The van der Waals surface area contributed by atoms with Gasteiger partial charge in [-0.1, -0.05) is 24.3 Å². The van der Waals surface area contributed by atoms with E-state index in [2.05, 4.69) is 20.9 Å². The van der Waals surface area contributed by atoms with Crippen LogP contribution in [0.1, 0.15) is 34.4 Å². The number of rotatable bonds is 3. The van der Waals surface area contributed by atoms with E-state index in [1.54, 1.807) is 24.1 Å². The smallest absolute Gasteiger partial charge is 0.231 e. The Bertz CT molecular complexity index is 1090. The molecule has 28 heavy (non-hydrogen) atoms. The van der Waals surface area contributed by atoms with E-state index in [0.29, 0.717) is 11.3 Å². The summed E-state index contributed by atoms with van der Waals surface area (Å²) >= 11 is 3.66. The van der Waals surface area contributed by atoms with Gasteiger partial charge in [-0.25, -0.2) is 9.37 Å². The molecular formula is C22H18BrFN2O2. The highest BCUT2D eigenvalue weighted by Crippen LogP contribution is 2.42. The van der Waals surface area contributed by atoms with E-state index < -0.39 is 0 Å². The van der Waals surface area contributed by atoms with Crippen molar-refractivity contribution in [3.8, 4) is 0 Å². The molecule has 1 aliphatic heterocycles. The van der Waals surface area contributed by atoms with Crippen LogP contribution in [-0.2, 0) is 11.3 Å². The molecule has 0 spiro atoms. The molecule has 1 amide bonds. The van der Waals surface area contributed by atoms with Gasteiger partial charge in [0.25, 0.3) is 0 Å². The van der Waals surface area contributed by atoms with E-state index in [4.69, 9.17) is 4.42 Å². The van der Waals surface area contributed by atoms with Crippen LogP contribution in [0.5, 0.6) is 0 Å². The molecule has 0 aliphatic carbocycles. The van der Waals surface area contributed by atoms with E-state index in [1.807, 2.05) is 31.2 Å². The van der Waals surface area contributed by atoms with Crippen molar-refractivity contribution in [2.45, 2.75) is 26.8 Å². The molecule has 0 saturated heterocycles. The van der Waals surface area contributed by atoms with Crippen molar-refractivity contribution in [3.05, 3.63) is 82.8 Å². The summed E-state index contributed by atoms with van der Waals surface area (Å²) in [4.78, 5) is 18.9. The second-order valence-corrected chi connectivity index (χ2v) is 7.71. The maximum absolute atomic E-state index is 14.0. The average Bonchev–Trinajstić information content (AvgIpc) is 3.17. The number of oxazole rings is 1. The predicted molar refractivity (Wildman–Crippen MR) is 110 cm³/mol. The molecule has 1 aliphatic rings. The maximum atomic E-state index is 14.0. The Morgan fingerprint density at radius 3 is 2.75 bits per heavy atom. The van der Waals surface area contributed by atoms with E-state index >= 15 is 0 Å². The summed E-state index contributed by atoms with van der Waals surface area (Å²) < 4.78 is 20.3. The lowest BCUT2D eigenvalue weighted by molar-refractivity contribution is -0.117. The first-order valence-electron chi connectivity index (χ1n) is 8.88. The third-order valence-corrected chi connectivity index (χ3v) is 5.79. The molecule has 6 heteroatoms. The van der Waals surface area contributed by atoms with Crippen LogP contribution in [0, 0.1) is 19.7 Å². The van der Waals surface area contributed by atoms with Crippen molar-refractivity contribution in [3.63, 3.8) is 0 Å². The number of fused-ring (bicyclic) bond motifs is 1. The van der Waals surface area contributed by atoms with Crippen molar-refractivity contribution in [1.82, 2.24) is 4.98 Å². The van der Waals surface area contributed by atoms with E-state index in [1.165, 1.54) is 12.5 Å². The lowest BCUT2D eigenvalue weighted by Crippen LogP contribution is -2.30.